The van der Waals surface area contributed by atoms with Crippen LogP contribution >= 0.6 is 0 Å². The van der Waals surface area contributed by atoms with Gasteiger partial charge in [0.15, 0.2) is 0 Å². The summed E-state index contributed by atoms with van der Waals surface area (Å²) in [4.78, 5) is 2.43. The molecule has 1 aliphatic carbocycles. The first-order chi connectivity index (χ1) is 31.2. The van der Waals surface area contributed by atoms with E-state index in [1.54, 1.807) is 0 Å². The largest absolute Gasteiger partial charge is 0.455 e. The van der Waals surface area contributed by atoms with Gasteiger partial charge < -0.3 is 9.32 Å². The Kier molecular flexibility index (Phi) is 8.93. The molecule has 2 heteroatoms. The van der Waals surface area contributed by atoms with Crippen LogP contribution in [-0.2, 0) is 6.42 Å². The van der Waals surface area contributed by atoms with Crippen molar-refractivity contribution in [1.82, 2.24) is 0 Å². The van der Waals surface area contributed by atoms with Crippen LogP contribution in [0.15, 0.2) is 241 Å². The summed E-state index contributed by atoms with van der Waals surface area (Å²) in [5, 5.41) is 2.21. The van der Waals surface area contributed by atoms with Crippen LogP contribution in [0.4, 0.5) is 17.1 Å². The van der Waals surface area contributed by atoms with Gasteiger partial charge in [-0.05, 0) is 116 Å². The molecule has 0 bridgehead atoms. The van der Waals surface area contributed by atoms with Crippen molar-refractivity contribution in [2.24, 2.45) is 0 Å². The third-order valence-corrected chi connectivity index (χ3v) is 12.7. The molecular weight excluding hydrogens is 763 g/mol. The molecule has 10 aromatic carbocycles. The van der Waals surface area contributed by atoms with Gasteiger partial charge in [-0.1, -0.05) is 194 Å². The number of anilines is 3. The highest BCUT2D eigenvalue weighted by molar-refractivity contribution is 6.13. The van der Waals surface area contributed by atoms with Crippen molar-refractivity contribution >= 4 is 39.0 Å². The number of nitrogens with zero attached hydrogens (tertiary/aromatic N) is 1. The van der Waals surface area contributed by atoms with Crippen molar-refractivity contribution in [3.05, 3.63) is 248 Å². The summed E-state index contributed by atoms with van der Waals surface area (Å²) in [6, 6.07) is 85.6. The molecule has 0 fully saturated rings. The van der Waals surface area contributed by atoms with Crippen molar-refractivity contribution in [2.45, 2.75) is 6.42 Å². The average molecular weight is 804 g/mol. The lowest BCUT2D eigenvalue weighted by molar-refractivity contribution is 0.671. The standard InChI is InChI=1S/C61H41NO/c1-4-16-41(17-5-1)42-30-32-49(33-31-42)62(50-34-35-55-46(38-50)36-45-22-10-11-24-53(45)55)51-39-47(54-25-13-12-23-52(54)43-18-6-2-7-19-43)37-48(40-51)57-27-15-29-59-58-28-14-26-56(60(58)63-61(57)59)44-20-8-3-9-21-44/h1-35,37-40H,36H2. The minimum Gasteiger partial charge on any atom is -0.455 e. The van der Waals surface area contributed by atoms with Gasteiger partial charge in [0.1, 0.15) is 11.2 Å². The zero-order valence-electron chi connectivity index (χ0n) is 34.6. The molecule has 1 aliphatic rings. The molecule has 0 saturated carbocycles. The van der Waals surface area contributed by atoms with E-state index >= 15 is 0 Å². The Bertz CT molecular complexity index is 3460. The van der Waals surface area contributed by atoms with Crippen LogP contribution in [0.2, 0.25) is 0 Å². The molecule has 1 aromatic heterocycles. The average Bonchev–Trinajstić information content (AvgIpc) is 3.93. The molecule has 0 atom stereocenters. The van der Waals surface area contributed by atoms with E-state index in [0.29, 0.717) is 0 Å². The summed E-state index contributed by atoms with van der Waals surface area (Å²) >= 11 is 0. The van der Waals surface area contributed by atoms with Crippen LogP contribution in [0.25, 0.3) is 88.7 Å². The fourth-order valence-corrected chi connectivity index (χ4v) is 9.70. The molecule has 2 nitrogen and oxygen atoms in total. The number of furan rings is 1. The maximum atomic E-state index is 7.05. The van der Waals surface area contributed by atoms with Crippen LogP contribution in [0.1, 0.15) is 11.1 Å². The minimum atomic E-state index is 0.879. The Hall–Kier alpha value is -8.20. The Morgan fingerprint density at radius 1 is 0.270 bits per heavy atom. The first kappa shape index (κ1) is 36.6. The van der Waals surface area contributed by atoms with Crippen molar-refractivity contribution in [3.8, 4) is 66.8 Å². The summed E-state index contributed by atoms with van der Waals surface area (Å²) in [6.45, 7) is 0. The van der Waals surface area contributed by atoms with Gasteiger partial charge in [-0.3, -0.25) is 0 Å². The summed E-state index contributed by atoms with van der Waals surface area (Å²) in [5.74, 6) is 0. The summed E-state index contributed by atoms with van der Waals surface area (Å²) < 4.78 is 7.05. The smallest absolute Gasteiger partial charge is 0.143 e. The predicted molar refractivity (Wildman–Crippen MR) is 264 cm³/mol. The first-order valence-electron chi connectivity index (χ1n) is 21.7. The second-order valence-electron chi connectivity index (χ2n) is 16.4. The Morgan fingerprint density at radius 2 is 0.730 bits per heavy atom. The number of hydrogen-bond acceptors (Lipinski definition) is 2. The fourth-order valence-electron chi connectivity index (χ4n) is 9.70. The van der Waals surface area contributed by atoms with E-state index in [1.807, 2.05) is 0 Å². The summed E-state index contributed by atoms with van der Waals surface area (Å²) in [5.41, 5.74) is 21.8. The molecule has 1 heterocycles. The zero-order valence-corrected chi connectivity index (χ0v) is 34.6. The molecule has 0 spiro atoms. The van der Waals surface area contributed by atoms with E-state index in [9.17, 15) is 0 Å². The maximum absolute atomic E-state index is 7.05. The number of hydrogen-bond donors (Lipinski definition) is 0. The van der Waals surface area contributed by atoms with Crippen LogP contribution < -0.4 is 4.90 Å². The molecule has 0 saturated heterocycles. The Morgan fingerprint density at radius 3 is 1.38 bits per heavy atom. The van der Waals surface area contributed by atoms with Gasteiger partial charge in [0.25, 0.3) is 0 Å². The van der Waals surface area contributed by atoms with E-state index < -0.39 is 0 Å². The van der Waals surface area contributed by atoms with E-state index in [-0.39, 0.29) is 0 Å². The summed E-state index contributed by atoms with van der Waals surface area (Å²) in [6.07, 6.45) is 0.912. The van der Waals surface area contributed by atoms with Gasteiger partial charge in [0.05, 0.1) is 0 Å². The number of fused-ring (bicyclic) bond motifs is 6. The second kappa shape index (κ2) is 15.4. The first-order valence-corrected chi connectivity index (χ1v) is 21.7. The van der Waals surface area contributed by atoms with Gasteiger partial charge >= 0.3 is 0 Å². The third-order valence-electron chi connectivity index (χ3n) is 12.7. The van der Waals surface area contributed by atoms with E-state index in [2.05, 4.69) is 241 Å². The van der Waals surface area contributed by atoms with Crippen molar-refractivity contribution in [2.75, 3.05) is 4.90 Å². The summed E-state index contributed by atoms with van der Waals surface area (Å²) in [7, 11) is 0. The lowest BCUT2D eigenvalue weighted by Gasteiger charge is -2.28. The van der Waals surface area contributed by atoms with Gasteiger partial charge in [-0.15, -0.1) is 0 Å². The molecule has 0 amide bonds. The molecule has 0 unspecified atom stereocenters. The number of benzene rings is 10. The van der Waals surface area contributed by atoms with Crippen molar-refractivity contribution in [3.63, 3.8) is 0 Å². The highest BCUT2D eigenvalue weighted by Gasteiger charge is 2.23. The zero-order chi connectivity index (χ0) is 41.7. The van der Waals surface area contributed by atoms with Crippen LogP contribution in [0, 0.1) is 0 Å². The molecule has 0 aliphatic heterocycles. The fraction of sp³-hybridized carbons (Fsp3) is 0.0164. The highest BCUT2D eigenvalue weighted by Crippen LogP contribution is 2.47. The van der Waals surface area contributed by atoms with Gasteiger partial charge in [0, 0.05) is 39.0 Å². The van der Waals surface area contributed by atoms with Gasteiger partial charge in [0.2, 0.25) is 0 Å². The van der Waals surface area contributed by atoms with Crippen LogP contribution in [-0.4, -0.2) is 0 Å². The second-order valence-corrected chi connectivity index (χ2v) is 16.4. The number of rotatable bonds is 8. The Labute approximate surface area is 367 Å². The maximum Gasteiger partial charge on any atom is 0.143 e. The van der Waals surface area contributed by atoms with Crippen molar-refractivity contribution < 1.29 is 4.42 Å². The molecule has 12 rings (SSSR count). The monoisotopic (exact) mass is 803 g/mol. The van der Waals surface area contributed by atoms with E-state index in [1.165, 1.54) is 50.1 Å². The van der Waals surface area contributed by atoms with Crippen LogP contribution in [0.3, 0.4) is 0 Å². The molecule has 63 heavy (non-hydrogen) atoms. The topological polar surface area (TPSA) is 16.4 Å². The molecule has 0 radical (unpaired) electrons. The molecule has 11 aromatic rings. The third kappa shape index (κ3) is 6.52. The molecular formula is C61H41NO. The number of para-hydroxylation sites is 2. The van der Waals surface area contributed by atoms with E-state index in [4.69, 9.17) is 4.42 Å². The van der Waals surface area contributed by atoms with Gasteiger partial charge in [-0.25, -0.2) is 0 Å². The van der Waals surface area contributed by atoms with Gasteiger partial charge in [-0.2, -0.15) is 0 Å². The molecule has 296 valence electrons. The normalized spacial score (nSPS) is 11.7. The highest BCUT2D eigenvalue weighted by atomic mass is 16.3. The van der Waals surface area contributed by atoms with E-state index in [0.717, 1.165) is 73.2 Å². The van der Waals surface area contributed by atoms with Crippen molar-refractivity contribution in [1.29, 1.82) is 0 Å². The SMILES string of the molecule is c1ccc(-c2ccc(N(c3cc(-c4ccccc4-c4ccccc4)cc(-c4cccc5c4oc4c(-c6ccccc6)cccc45)c3)c3ccc4c(c3)Cc3ccccc3-4)cc2)cc1. The predicted octanol–water partition coefficient (Wildman–Crippen LogP) is 17.0. The lowest BCUT2D eigenvalue weighted by atomic mass is 9.91. The van der Waals surface area contributed by atoms with Crippen LogP contribution in [0.5, 0.6) is 0 Å². The quantitative estimate of drug-likeness (QED) is 0.152. The Balaban J connectivity index is 1.10. The minimum absolute atomic E-state index is 0.879. The molecule has 0 N–H and O–H groups in total. The lowest BCUT2D eigenvalue weighted by Crippen LogP contribution is -2.11.